The van der Waals surface area contributed by atoms with Crippen LogP contribution in [0.2, 0.25) is 0 Å². The third-order valence-electron chi connectivity index (χ3n) is 6.79. The van der Waals surface area contributed by atoms with Crippen LogP contribution >= 0.6 is 0 Å². The van der Waals surface area contributed by atoms with Gasteiger partial charge in [0.15, 0.2) is 0 Å². The molecule has 0 unspecified atom stereocenters. The third-order valence-corrected chi connectivity index (χ3v) is 6.79. The first-order chi connectivity index (χ1) is 15.2. The van der Waals surface area contributed by atoms with Crippen LogP contribution < -0.4 is 10.9 Å². The fourth-order valence-corrected chi connectivity index (χ4v) is 5.34. The fourth-order valence-electron chi connectivity index (χ4n) is 5.34. The lowest BCUT2D eigenvalue weighted by atomic mass is 9.83. The van der Waals surface area contributed by atoms with Crippen molar-refractivity contribution in [1.82, 2.24) is 24.8 Å². The van der Waals surface area contributed by atoms with Crippen molar-refractivity contribution < 1.29 is 4.79 Å². The third kappa shape index (κ3) is 4.32. The molecular formula is C24H29N5O2. The number of piperidine rings is 1. The highest BCUT2D eigenvalue weighted by Gasteiger charge is 2.35. The molecular weight excluding hydrogens is 390 g/mol. The highest BCUT2D eigenvalue weighted by atomic mass is 16.2. The highest BCUT2D eigenvalue weighted by molar-refractivity contribution is 5.94. The van der Waals surface area contributed by atoms with Gasteiger partial charge in [0.2, 0.25) is 0 Å². The van der Waals surface area contributed by atoms with Crippen LogP contribution in [0.4, 0.5) is 0 Å². The van der Waals surface area contributed by atoms with E-state index in [1.807, 2.05) is 16.8 Å². The number of nitrogens with one attached hydrogen (secondary N) is 1. The number of amides is 1. The Labute approximate surface area is 182 Å². The first-order valence-corrected chi connectivity index (χ1v) is 11.3. The van der Waals surface area contributed by atoms with Gasteiger partial charge in [-0.05, 0) is 50.2 Å². The summed E-state index contributed by atoms with van der Waals surface area (Å²) in [5.74, 6) is 0.458. The first-order valence-electron chi connectivity index (χ1n) is 11.3. The summed E-state index contributed by atoms with van der Waals surface area (Å²) < 4.78 is 1.85. The zero-order valence-corrected chi connectivity index (χ0v) is 17.8. The quantitative estimate of drug-likeness (QED) is 0.753. The molecule has 1 saturated heterocycles. The van der Waals surface area contributed by atoms with Crippen LogP contribution in [0.1, 0.15) is 59.8 Å². The maximum Gasteiger partial charge on any atom is 0.263 e. The van der Waals surface area contributed by atoms with Gasteiger partial charge in [-0.1, -0.05) is 11.6 Å². The molecule has 2 bridgehead atoms. The highest BCUT2D eigenvalue weighted by Crippen LogP contribution is 2.35. The van der Waals surface area contributed by atoms with E-state index in [0.717, 1.165) is 50.3 Å². The Morgan fingerprint density at radius 2 is 2.10 bits per heavy atom. The number of allylic oxidation sites excluding steroid dienone is 1. The van der Waals surface area contributed by atoms with E-state index in [1.54, 1.807) is 18.5 Å². The van der Waals surface area contributed by atoms with Crippen molar-refractivity contribution in [1.29, 1.82) is 0 Å². The van der Waals surface area contributed by atoms with Gasteiger partial charge in [-0.3, -0.25) is 24.5 Å². The van der Waals surface area contributed by atoms with Crippen LogP contribution in [0, 0.1) is 5.92 Å². The summed E-state index contributed by atoms with van der Waals surface area (Å²) in [7, 11) is 0. The van der Waals surface area contributed by atoms with Crippen LogP contribution in [-0.4, -0.2) is 45.0 Å². The summed E-state index contributed by atoms with van der Waals surface area (Å²) >= 11 is 0. The van der Waals surface area contributed by atoms with E-state index < -0.39 is 0 Å². The van der Waals surface area contributed by atoms with E-state index in [9.17, 15) is 9.59 Å². The number of hydrogen-bond donors (Lipinski definition) is 1. The minimum absolute atomic E-state index is 0.148. The number of aromatic nitrogens is 3. The monoisotopic (exact) mass is 419 g/mol. The topological polar surface area (TPSA) is 80.1 Å². The molecule has 2 aromatic heterocycles. The van der Waals surface area contributed by atoms with Gasteiger partial charge >= 0.3 is 0 Å². The maximum atomic E-state index is 13.2. The Morgan fingerprint density at radius 3 is 2.90 bits per heavy atom. The van der Waals surface area contributed by atoms with Crippen molar-refractivity contribution in [3.63, 3.8) is 0 Å². The number of carbonyl (C=O) groups is 1. The Kier molecular flexibility index (Phi) is 5.68. The number of nitrogens with zero attached hydrogens (tertiary/aromatic N) is 4. The molecule has 7 nitrogen and oxygen atoms in total. The van der Waals surface area contributed by atoms with Gasteiger partial charge in [-0.15, -0.1) is 0 Å². The van der Waals surface area contributed by atoms with E-state index in [-0.39, 0.29) is 17.0 Å². The van der Waals surface area contributed by atoms with Crippen LogP contribution in [0.15, 0.2) is 47.2 Å². The largest absolute Gasteiger partial charge is 0.348 e. The van der Waals surface area contributed by atoms with Gasteiger partial charge in [0, 0.05) is 62.9 Å². The molecule has 0 saturated carbocycles. The number of pyridine rings is 1. The lowest BCUT2D eigenvalue weighted by Gasteiger charge is -2.42. The molecule has 0 spiro atoms. The Morgan fingerprint density at radius 1 is 1.16 bits per heavy atom. The van der Waals surface area contributed by atoms with E-state index >= 15 is 0 Å². The van der Waals surface area contributed by atoms with Gasteiger partial charge in [-0.2, -0.15) is 0 Å². The zero-order valence-electron chi connectivity index (χ0n) is 17.8. The Balaban J connectivity index is 1.30. The summed E-state index contributed by atoms with van der Waals surface area (Å²) in [4.78, 5) is 36.9. The molecule has 5 rings (SSSR count). The smallest absolute Gasteiger partial charge is 0.263 e. The van der Waals surface area contributed by atoms with Gasteiger partial charge in [-0.25, -0.2) is 0 Å². The van der Waals surface area contributed by atoms with Crippen molar-refractivity contribution in [2.75, 3.05) is 19.6 Å². The first kappa shape index (κ1) is 20.1. The van der Waals surface area contributed by atoms with Gasteiger partial charge in [0.1, 0.15) is 5.56 Å². The van der Waals surface area contributed by atoms with E-state index in [0.29, 0.717) is 24.9 Å². The van der Waals surface area contributed by atoms with Crippen molar-refractivity contribution in [2.45, 2.75) is 51.1 Å². The molecule has 7 heteroatoms. The lowest BCUT2D eigenvalue weighted by Crippen LogP contribution is -2.47. The second-order valence-electron chi connectivity index (χ2n) is 9.07. The molecule has 31 heavy (non-hydrogen) atoms. The molecule has 0 radical (unpaired) electrons. The summed E-state index contributed by atoms with van der Waals surface area (Å²) in [6.07, 6.45) is 13.1. The van der Waals surface area contributed by atoms with Gasteiger partial charge in [0.25, 0.3) is 11.5 Å². The summed E-state index contributed by atoms with van der Waals surface area (Å²) in [6, 6.07) is 3.71. The second kappa shape index (κ2) is 8.75. The Hall–Kier alpha value is -2.80. The summed E-state index contributed by atoms with van der Waals surface area (Å²) in [5.41, 5.74) is 3.41. The van der Waals surface area contributed by atoms with Crippen molar-refractivity contribution in [3.05, 3.63) is 69.7 Å². The van der Waals surface area contributed by atoms with Gasteiger partial charge in [0.05, 0.1) is 5.69 Å². The molecule has 1 amide bonds. The number of carbonyl (C=O) groups excluding carboxylic acids is 1. The standard InChI is InChI=1S/C24H29N5O2/c30-23(27-11-17-4-2-1-3-5-17)21-6-7-22-19-10-18(14-29(22)24(21)31)13-28(15-19)16-20-12-25-8-9-26-20/h4,6-9,12,18-19H,1-3,5,10-11,13-16H2,(H,27,30)/t18-,19+/m0/s1. The van der Waals surface area contributed by atoms with Crippen LogP contribution in [0.25, 0.3) is 0 Å². The SMILES string of the molecule is O=C(NCC1=CCCCC1)c1ccc2n(c1=O)C[C@H]1C[C@@H]2CN(Cc2cnccn2)C1. The molecule has 0 aromatic carbocycles. The zero-order chi connectivity index (χ0) is 21.2. The van der Waals surface area contributed by atoms with Crippen LogP contribution in [0.5, 0.6) is 0 Å². The van der Waals surface area contributed by atoms with E-state index in [4.69, 9.17) is 0 Å². The molecule has 1 fully saturated rings. The molecule has 1 aliphatic carbocycles. The molecule has 162 valence electrons. The molecule has 2 atom stereocenters. The lowest BCUT2D eigenvalue weighted by molar-refractivity contribution is 0.0949. The van der Waals surface area contributed by atoms with Gasteiger partial charge < -0.3 is 9.88 Å². The maximum absolute atomic E-state index is 13.2. The molecule has 3 aliphatic rings. The molecule has 1 N–H and O–H groups in total. The average Bonchev–Trinajstić information content (AvgIpc) is 2.79. The molecule has 2 aromatic rings. The predicted octanol–water partition coefficient (Wildman–Crippen LogP) is 2.49. The second-order valence-corrected chi connectivity index (χ2v) is 9.07. The normalized spacial score (nSPS) is 23.0. The number of rotatable bonds is 5. The van der Waals surface area contributed by atoms with Crippen LogP contribution in [0.3, 0.4) is 0 Å². The van der Waals surface area contributed by atoms with Crippen molar-refractivity contribution in [3.8, 4) is 0 Å². The minimum Gasteiger partial charge on any atom is -0.348 e. The summed E-state index contributed by atoms with van der Waals surface area (Å²) in [6.45, 7) is 3.83. The molecule has 2 aliphatic heterocycles. The number of hydrogen-bond acceptors (Lipinski definition) is 5. The number of fused-ring (bicyclic) bond motifs is 4. The van der Waals surface area contributed by atoms with Crippen molar-refractivity contribution >= 4 is 5.91 Å². The minimum atomic E-state index is -0.258. The van der Waals surface area contributed by atoms with E-state index in [1.165, 1.54) is 18.4 Å². The number of likely N-dealkylation sites (tertiary alicyclic amines) is 1. The summed E-state index contributed by atoms with van der Waals surface area (Å²) in [5, 5.41) is 2.96. The van der Waals surface area contributed by atoms with Crippen LogP contribution in [-0.2, 0) is 13.1 Å². The fraction of sp³-hybridized carbons (Fsp3) is 0.500. The average molecular weight is 420 g/mol. The predicted molar refractivity (Wildman–Crippen MR) is 118 cm³/mol. The molecule has 4 heterocycles. The van der Waals surface area contributed by atoms with E-state index in [2.05, 4.69) is 26.3 Å². The Bertz CT molecular complexity index is 1050. The van der Waals surface area contributed by atoms with Crippen molar-refractivity contribution in [2.24, 2.45) is 5.92 Å².